The van der Waals surface area contributed by atoms with Crippen molar-refractivity contribution >= 4 is 28.2 Å². The fourth-order valence-corrected chi connectivity index (χ4v) is 3.48. The number of nitrogens with one attached hydrogen (secondary N) is 3. The fourth-order valence-electron chi connectivity index (χ4n) is 3.13. The van der Waals surface area contributed by atoms with Gasteiger partial charge in [0.15, 0.2) is 5.11 Å². The molecular weight excluding hydrogens is 368 g/mol. The Kier molecular flexibility index (Phi) is 8.01. The summed E-state index contributed by atoms with van der Waals surface area (Å²) in [6, 6.07) is 6.51. The molecule has 1 heterocycles. The SMILES string of the molecule is CC[C@@H](C)NC(=S)N(CCC[NH+](C)C)Cc1cc2cc(C)c(C)cc2[nH]c1=O. The first-order chi connectivity index (χ1) is 13.2. The third-order valence-corrected chi connectivity index (χ3v) is 5.65. The van der Waals surface area contributed by atoms with E-state index in [1.54, 1.807) is 0 Å². The highest BCUT2D eigenvalue weighted by Gasteiger charge is 2.15. The molecule has 5 nitrogen and oxygen atoms in total. The molecule has 0 fully saturated rings. The van der Waals surface area contributed by atoms with Crippen LogP contribution in [0.4, 0.5) is 0 Å². The predicted molar refractivity (Wildman–Crippen MR) is 122 cm³/mol. The highest BCUT2D eigenvalue weighted by atomic mass is 32.1. The van der Waals surface area contributed by atoms with Crippen LogP contribution in [-0.4, -0.2) is 48.2 Å². The van der Waals surface area contributed by atoms with Crippen LogP contribution < -0.4 is 15.8 Å². The van der Waals surface area contributed by atoms with Crippen molar-refractivity contribution in [1.82, 2.24) is 15.2 Å². The summed E-state index contributed by atoms with van der Waals surface area (Å²) >= 11 is 5.67. The zero-order valence-corrected chi connectivity index (χ0v) is 18.9. The number of thiocarbonyl (C=S) groups is 1. The van der Waals surface area contributed by atoms with Gasteiger partial charge >= 0.3 is 0 Å². The zero-order chi connectivity index (χ0) is 20.8. The van der Waals surface area contributed by atoms with Gasteiger partial charge in [0.05, 0.1) is 27.2 Å². The summed E-state index contributed by atoms with van der Waals surface area (Å²) in [6.07, 6.45) is 2.03. The number of aromatic amines is 1. The number of aryl methyl sites for hydroxylation is 2. The van der Waals surface area contributed by atoms with E-state index in [-0.39, 0.29) is 5.56 Å². The van der Waals surface area contributed by atoms with Crippen molar-refractivity contribution < 1.29 is 4.90 Å². The molecule has 28 heavy (non-hydrogen) atoms. The van der Waals surface area contributed by atoms with E-state index < -0.39 is 0 Å². The van der Waals surface area contributed by atoms with E-state index in [1.165, 1.54) is 16.0 Å². The number of pyridine rings is 1. The Bertz CT molecular complexity index is 875. The molecule has 0 unspecified atom stereocenters. The molecule has 1 atom stereocenters. The summed E-state index contributed by atoms with van der Waals surface area (Å²) in [5.74, 6) is 0. The third-order valence-electron chi connectivity index (χ3n) is 5.27. The van der Waals surface area contributed by atoms with Crippen LogP contribution in [0.2, 0.25) is 0 Å². The molecule has 0 bridgehead atoms. The maximum absolute atomic E-state index is 12.7. The molecule has 0 aliphatic rings. The van der Waals surface area contributed by atoms with Gasteiger partial charge in [-0.05, 0) is 74.1 Å². The molecule has 3 N–H and O–H groups in total. The van der Waals surface area contributed by atoms with Crippen LogP contribution >= 0.6 is 12.2 Å². The minimum absolute atomic E-state index is 0.0367. The summed E-state index contributed by atoms with van der Waals surface area (Å²) in [7, 11) is 4.30. The summed E-state index contributed by atoms with van der Waals surface area (Å²) in [4.78, 5) is 19.3. The first kappa shape index (κ1) is 22.4. The van der Waals surface area contributed by atoms with Gasteiger partial charge in [-0.3, -0.25) is 4.79 Å². The molecule has 0 radical (unpaired) electrons. The number of H-pyrrole nitrogens is 1. The van der Waals surface area contributed by atoms with Gasteiger partial charge in [-0.15, -0.1) is 0 Å². The van der Waals surface area contributed by atoms with Gasteiger partial charge in [0.25, 0.3) is 5.56 Å². The van der Waals surface area contributed by atoms with Gasteiger partial charge in [0, 0.05) is 30.1 Å². The van der Waals surface area contributed by atoms with Crippen LogP contribution in [0.1, 0.15) is 43.4 Å². The van der Waals surface area contributed by atoms with Crippen LogP contribution in [0.15, 0.2) is 23.0 Å². The van der Waals surface area contributed by atoms with Crippen molar-refractivity contribution in [1.29, 1.82) is 0 Å². The van der Waals surface area contributed by atoms with Gasteiger partial charge in [0.2, 0.25) is 0 Å². The lowest BCUT2D eigenvalue weighted by atomic mass is 10.0. The maximum Gasteiger partial charge on any atom is 0.253 e. The molecule has 2 rings (SSSR count). The van der Waals surface area contributed by atoms with Crippen LogP contribution in [0.3, 0.4) is 0 Å². The minimum Gasteiger partial charge on any atom is -0.360 e. The minimum atomic E-state index is -0.0367. The number of aromatic nitrogens is 1. The molecule has 2 aromatic rings. The summed E-state index contributed by atoms with van der Waals surface area (Å²) in [5.41, 5.74) is 4.01. The topological polar surface area (TPSA) is 52.6 Å². The first-order valence-electron chi connectivity index (χ1n) is 10.2. The second-order valence-electron chi connectivity index (χ2n) is 8.14. The number of quaternary nitrogens is 1. The lowest BCUT2D eigenvalue weighted by Gasteiger charge is -2.28. The van der Waals surface area contributed by atoms with Gasteiger partial charge in [0.1, 0.15) is 0 Å². The average molecular weight is 404 g/mol. The van der Waals surface area contributed by atoms with E-state index in [1.807, 2.05) is 12.1 Å². The molecule has 1 aromatic carbocycles. The Hall–Kier alpha value is -1.92. The lowest BCUT2D eigenvalue weighted by molar-refractivity contribution is -0.858. The Morgan fingerprint density at radius 1 is 1.25 bits per heavy atom. The highest BCUT2D eigenvalue weighted by molar-refractivity contribution is 7.80. The first-order valence-corrected chi connectivity index (χ1v) is 10.6. The van der Waals surface area contributed by atoms with Crippen molar-refractivity contribution in [3.05, 3.63) is 45.2 Å². The highest BCUT2D eigenvalue weighted by Crippen LogP contribution is 2.18. The summed E-state index contributed by atoms with van der Waals surface area (Å²) in [6.45, 7) is 10.8. The molecule has 0 saturated carbocycles. The second-order valence-corrected chi connectivity index (χ2v) is 8.53. The second kappa shape index (κ2) is 10.0. The predicted octanol–water partition coefficient (Wildman–Crippen LogP) is 2.15. The molecule has 0 spiro atoms. The van der Waals surface area contributed by atoms with Gasteiger partial charge in [-0.25, -0.2) is 0 Å². The Morgan fingerprint density at radius 2 is 1.93 bits per heavy atom. The third kappa shape index (κ3) is 6.04. The quantitative estimate of drug-likeness (QED) is 0.591. The largest absolute Gasteiger partial charge is 0.360 e. The molecule has 0 aliphatic heterocycles. The molecule has 6 heteroatoms. The summed E-state index contributed by atoms with van der Waals surface area (Å²) < 4.78 is 0. The number of hydrogen-bond acceptors (Lipinski definition) is 2. The Balaban J connectivity index is 2.28. The molecule has 0 aliphatic carbocycles. The van der Waals surface area contributed by atoms with E-state index >= 15 is 0 Å². The van der Waals surface area contributed by atoms with E-state index in [9.17, 15) is 4.79 Å². The van der Waals surface area contributed by atoms with Gasteiger partial charge in [-0.2, -0.15) is 0 Å². The van der Waals surface area contributed by atoms with E-state index in [2.05, 4.69) is 63.1 Å². The van der Waals surface area contributed by atoms with Crippen molar-refractivity contribution in [3.63, 3.8) is 0 Å². The van der Waals surface area contributed by atoms with Crippen LogP contribution in [0.5, 0.6) is 0 Å². The van der Waals surface area contributed by atoms with Crippen molar-refractivity contribution in [2.45, 2.75) is 53.1 Å². The number of fused-ring (bicyclic) bond motifs is 1. The maximum atomic E-state index is 12.7. The standard InChI is InChI=1S/C22H34N4OS/c1-7-17(4)23-22(28)26(10-8-9-25(5)6)14-19-13-18-11-15(2)16(3)12-20(18)24-21(19)27/h11-13,17H,7-10,14H2,1-6H3,(H,23,28)(H,24,27)/p+1/t17-/m1/s1. The van der Waals surface area contributed by atoms with Crippen LogP contribution in [0, 0.1) is 13.8 Å². The molecule has 0 saturated heterocycles. The normalized spacial score (nSPS) is 12.4. The van der Waals surface area contributed by atoms with Gasteiger partial charge < -0.3 is 20.1 Å². The number of benzene rings is 1. The Morgan fingerprint density at radius 3 is 2.57 bits per heavy atom. The molecule has 1 aromatic heterocycles. The van der Waals surface area contributed by atoms with E-state index in [4.69, 9.17) is 12.2 Å². The smallest absolute Gasteiger partial charge is 0.253 e. The Labute approximate surface area is 174 Å². The molecular formula is C22H35N4OS+. The molecule has 0 amide bonds. The van der Waals surface area contributed by atoms with Crippen molar-refractivity contribution in [2.75, 3.05) is 27.2 Å². The average Bonchev–Trinajstić information content (AvgIpc) is 2.62. The molecule has 154 valence electrons. The monoisotopic (exact) mass is 403 g/mol. The number of nitrogens with zero attached hydrogens (tertiary/aromatic N) is 1. The van der Waals surface area contributed by atoms with Crippen molar-refractivity contribution in [3.8, 4) is 0 Å². The van der Waals surface area contributed by atoms with Gasteiger partial charge in [-0.1, -0.05) is 6.92 Å². The van der Waals surface area contributed by atoms with Crippen LogP contribution in [0.25, 0.3) is 10.9 Å². The zero-order valence-electron chi connectivity index (χ0n) is 18.1. The summed E-state index contributed by atoms with van der Waals surface area (Å²) in [5, 5.41) is 5.19. The lowest BCUT2D eigenvalue weighted by Crippen LogP contribution is -3.05. The number of rotatable bonds is 8. The van der Waals surface area contributed by atoms with E-state index in [0.29, 0.717) is 12.6 Å². The van der Waals surface area contributed by atoms with Crippen LogP contribution in [-0.2, 0) is 6.54 Å². The fraction of sp³-hybridized carbons (Fsp3) is 0.545. The van der Waals surface area contributed by atoms with E-state index in [0.717, 1.165) is 47.5 Å². The van der Waals surface area contributed by atoms with Crippen molar-refractivity contribution in [2.24, 2.45) is 0 Å². The number of hydrogen-bond donors (Lipinski definition) is 3.